The standard InChI is InChI=1S/C28H24N4O/c1-3-32-19(2)24(22-14-8-10-16-27(22)32)18-29-31-28(33)23-17-26(20-11-5-4-6-12-20)30-25-15-9-7-13-21(23)25/h4-18H,3H2,1-2H3,(H,31,33)/b29-18-. The van der Waals surface area contributed by atoms with Gasteiger partial charge in [-0.05, 0) is 32.0 Å². The summed E-state index contributed by atoms with van der Waals surface area (Å²) in [5, 5.41) is 6.24. The molecule has 0 spiro atoms. The number of hydrazone groups is 1. The lowest BCUT2D eigenvalue weighted by atomic mass is 10.0. The van der Waals surface area contributed by atoms with Crippen molar-refractivity contribution in [3.05, 3.63) is 102 Å². The number of fused-ring (bicyclic) bond motifs is 2. The normalized spacial score (nSPS) is 11.5. The van der Waals surface area contributed by atoms with Crippen LogP contribution in [0.2, 0.25) is 0 Å². The minimum absolute atomic E-state index is 0.265. The first-order valence-corrected chi connectivity index (χ1v) is 11.0. The topological polar surface area (TPSA) is 59.3 Å². The number of benzene rings is 3. The van der Waals surface area contributed by atoms with Gasteiger partial charge in [0.05, 0.1) is 23.0 Å². The van der Waals surface area contributed by atoms with Crippen LogP contribution in [0, 0.1) is 6.92 Å². The molecule has 3 aromatic carbocycles. The summed E-state index contributed by atoms with van der Waals surface area (Å²) in [5.41, 5.74) is 9.07. The van der Waals surface area contributed by atoms with Crippen molar-refractivity contribution in [3.63, 3.8) is 0 Å². The zero-order chi connectivity index (χ0) is 22.8. The number of hydrogen-bond donors (Lipinski definition) is 1. The quantitative estimate of drug-likeness (QED) is 0.276. The minimum Gasteiger partial charge on any atom is -0.344 e. The number of nitrogens with one attached hydrogen (secondary N) is 1. The lowest BCUT2D eigenvalue weighted by molar-refractivity contribution is 0.0956. The molecule has 5 nitrogen and oxygen atoms in total. The van der Waals surface area contributed by atoms with E-state index in [1.807, 2.05) is 72.8 Å². The number of rotatable bonds is 5. The summed E-state index contributed by atoms with van der Waals surface area (Å²) in [4.78, 5) is 17.9. The van der Waals surface area contributed by atoms with E-state index in [4.69, 9.17) is 4.98 Å². The van der Waals surface area contributed by atoms with Gasteiger partial charge in [-0.2, -0.15) is 5.10 Å². The summed E-state index contributed by atoms with van der Waals surface area (Å²) in [6.45, 7) is 5.08. The Bertz CT molecular complexity index is 1500. The summed E-state index contributed by atoms with van der Waals surface area (Å²) in [7, 11) is 0. The molecule has 0 saturated carbocycles. The molecule has 2 heterocycles. The molecule has 0 fully saturated rings. The van der Waals surface area contributed by atoms with Gasteiger partial charge in [-0.3, -0.25) is 4.79 Å². The predicted molar refractivity (Wildman–Crippen MR) is 135 cm³/mol. The Kier molecular flexibility index (Phi) is 5.45. The number of carbonyl (C=O) groups excluding carboxylic acids is 1. The van der Waals surface area contributed by atoms with Gasteiger partial charge in [-0.15, -0.1) is 0 Å². The summed E-state index contributed by atoms with van der Waals surface area (Å²) >= 11 is 0. The van der Waals surface area contributed by atoms with Gasteiger partial charge in [-0.25, -0.2) is 10.4 Å². The zero-order valence-electron chi connectivity index (χ0n) is 18.6. The molecule has 5 rings (SSSR count). The third kappa shape index (κ3) is 3.78. The first-order valence-electron chi connectivity index (χ1n) is 11.0. The van der Waals surface area contributed by atoms with Gasteiger partial charge in [0.2, 0.25) is 0 Å². The van der Waals surface area contributed by atoms with E-state index >= 15 is 0 Å². The fourth-order valence-corrected chi connectivity index (χ4v) is 4.36. The predicted octanol–water partition coefficient (Wildman–Crippen LogP) is 5.95. The molecule has 0 aliphatic carbocycles. The number of hydrogen-bond acceptors (Lipinski definition) is 3. The maximum absolute atomic E-state index is 13.2. The van der Waals surface area contributed by atoms with E-state index < -0.39 is 0 Å². The maximum atomic E-state index is 13.2. The van der Waals surface area contributed by atoms with Gasteiger partial charge in [0.25, 0.3) is 5.91 Å². The van der Waals surface area contributed by atoms with Crippen LogP contribution in [-0.2, 0) is 6.54 Å². The molecule has 1 amide bonds. The molecule has 0 saturated heterocycles. The van der Waals surface area contributed by atoms with E-state index in [0.29, 0.717) is 5.56 Å². The molecule has 0 bridgehead atoms. The molecule has 0 radical (unpaired) electrons. The van der Waals surface area contributed by atoms with Crippen LogP contribution in [0.1, 0.15) is 28.5 Å². The minimum atomic E-state index is -0.265. The molecular weight excluding hydrogens is 408 g/mol. The Morgan fingerprint density at radius 2 is 1.67 bits per heavy atom. The largest absolute Gasteiger partial charge is 0.344 e. The highest BCUT2D eigenvalue weighted by Crippen LogP contribution is 2.26. The van der Waals surface area contributed by atoms with E-state index in [0.717, 1.165) is 50.9 Å². The van der Waals surface area contributed by atoms with E-state index in [1.54, 1.807) is 6.21 Å². The van der Waals surface area contributed by atoms with Crippen molar-refractivity contribution >= 4 is 33.9 Å². The number of amides is 1. The average molecular weight is 433 g/mol. The van der Waals surface area contributed by atoms with Crippen LogP contribution in [0.5, 0.6) is 0 Å². The third-order valence-electron chi connectivity index (χ3n) is 5.99. The monoisotopic (exact) mass is 432 g/mol. The highest BCUT2D eigenvalue weighted by atomic mass is 16.2. The van der Waals surface area contributed by atoms with Gasteiger partial charge < -0.3 is 4.57 Å². The maximum Gasteiger partial charge on any atom is 0.272 e. The number of aryl methyl sites for hydroxylation is 1. The van der Waals surface area contributed by atoms with Crippen LogP contribution >= 0.6 is 0 Å². The highest BCUT2D eigenvalue weighted by Gasteiger charge is 2.14. The molecule has 33 heavy (non-hydrogen) atoms. The fraction of sp³-hybridized carbons (Fsp3) is 0.107. The molecule has 5 aromatic rings. The zero-order valence-corrected chi connectivity index (χ0v) is 18.6. The third-order valence-corrected chi connectivity index (χ3v) is 5.99. The average Bonchev–Trinajstić information content (AvgIpc) is 3.14. The Morgan fingerprint density at radius 1 is 0.970 bits per heavy atom. The lowest BCUT2D eigenvalue weighted by Gasteiger charge is -2.09. The van der Waals surface area contributed by atoms with Gasteiger partial charge in [0.15, 0.2) is 0 Å². The molecule has 0 aliphatic rings. The summed E-state index contributed by atoms with van der Waals surface area (Å²) in [6, 6.07) is 27.6. The summed E-state index contributed by atoms with van der Waals surface area (Å²) < 4.78 is 2.25. The van der Waals surface area contributed by atoms with Gasteiger partial charge in [-0.1, -0.05) is 66.7 Å². The van der Waals surface area contributed by atoms with Crippen molar-refractivity contribution < 1.29 is 4.79 Å². The van der Waals surface area contributed by atoms with Crippen LogP contribution in [-0.4, -0.2) is 21.7 Å². The molecule has 0 atom stereocenters. The van der Waals surface area contributed by atoms with Crippen LogP contribution in [0.15, 0.2) is 90.0 Å². The fourth-order valence-electron chi connectivity index (χ4n) is 4.36. The van der Waals surface area contributed by atoms with E-state index in [1.165, 1.54) is 0 Å². The van der Waals surface area contributed by atoms with Crippen LogP contribution in [0.3, 0.4) is 0 Å². The second kappa shape index (κ2) is 8.71. The summed E-state index contributed by atoms with van der Waals surface area (Å²) in [5.74, 6) is -0.265. The van der Waals surface area contributed by atoms with Crippen LogP contribution in [0.25, 0.3) is 33.1 Å². The van der Waals surface area contributed by atoms with Crippen molar-refractivity contribution in [2.24, 2.45) is 5.10 Å². The molecule has 162 valence electrons. The van der Waals surface area contributed by atoms with Crippen LogP contribution in [0.4, 0.5) is 0 Å². The second-order valence-electron chi connectivity index (χ2n) is 7.90. The van der Waals surface area contributed by atoms with Crippen molar-refractivity contribution in [2.45, 2.75) is 20.4 Å². The second-order valence-corrected chi connectivity index (χ2v) is 7.90. The smallest absolute Gasteiger partial charge is 0.272 e. The molecular formula is C28H24N4O. The van der Waals surface area contributed by atoms with E-state index in [2.05, 4.69) is 41.1 Å². The van der Waals surface area contributed by atoms with Crippen molar-refractivity contribution in [1.29, 1.82) is 0 Å². The molecule has 5 heteroatoms. The first kappa shape index (κ1) is 20.6. The SMILES string of the molecule is CCn1c(C)c(/C=N\NC(=O)c2cc(-c3ccccc3)nc3ccccc23)c2ccccc21. The van der Waals surface area contributed by atoms with Crippen LogP contribution < -0.4 is 5.43 Å². The Hall–Kier alpha value is -4.25. The van der Waals surface area contributed by atoms with E-state index in [9.17, 15) is 4.79 Å². The van der Waals surface area contributed by atoms with Crippen molar-refractivity contribution in [3.8, 4) is 11.3 Å². The van der Waals surface area contributed by atoms with Gasteiger partial charge >= 0.3 is 0 Å². The Labute approximate surface area is 192 Å². The van der Waals surface area contributed by atoms with Crippen molar-refractivity contribution in [2.75, 3.05) is 0 Å². The van der Waals surface area contributed by atoms with Gasteiger partial charge in [0.1, 0.15) is 0 Å². The number of aromatic nitrogens is 2. The number of pyridine rings is 1. The molecule has 0 unspecified atom stereocenters. The summed E-state index contributed by atoms with van der Waals surface area (Å²) in [6.07, 6.45) is 1.74. The Morgan fingerprint density at radius 3 is 2.45 bits per heavy atom. The molecule has 2 aromatic heterocycles. The number of para-hydroxylation sites is 2. The molecule has 1 N–H and O–H groups in total. The number of nitrogens with zero attached hydrogens (tertiary/aromatic N) is 3. The van der Waals surface area contributed by atoms with E-state index in [-0.39, 0.29) is 5.91 Å². The molecule has 0 aliphatic heterocycles. The van der Waals surface area contributed by atoms with Crippen molar-refractivity contribution in [1.82, 2.24) is 15.0 Å². The Balaban J connectivity index is 1.50. The van der Waals surface area contributed by atoms with Gasteiger partial charge in [0, 0.05) is 39.7 Å². The lowest BCUT2D eigenvalue weighted by Crippen LogP contribution is -2.18. The highest BCUT2D eigenvalue weighted by molar-refractivity contribution is 6.08. The first-order chi connectivity index (χ1) is 16.2. The number of carbonyl (C=O) groups is 1.